The van der Waals surface area contributed by atoms with Crippen molar-refractivity contribution in [1.82, 2.24) is 15.1 Å². The molecule has 6 nitrogen and oxygen atoms in total. The van der Waals surface area contributed by atoms with Gasteiger partial charge in [-0.05, 0) is 18.9 Å². The molecular weight excluding hydrogens is 360 g/mol. The maximum atomic E-state index is 13.2. The zero-order chi connectivity index (χ0) is 19.8. The molecular formula is C20H28N4O2S. The third kappa shape index (κ3) is 3.84. The van der Waals surface area contributed by atoms with Crippen molar-refractivity contribution in [3.05, 3.63) is 40.4 Å². The molecule has 2 aromatic rings. The van der Waals surface area contributed by atoms with E-state index in [9.17, 15) is 9.90 Å². The van der Waals surface area contributed by atoms with Gasteiger partial charge in [-0.15, -0.1) is 10.2 Å². The number of urea groups is 1. The van der Waals surface area contributed by atoms with Gasteiger partial charge in [0.05, 0.1) is 0 Å². The van der Waals surface area contributed by atoms with E-state index in [-0.39, 0.29) is 11.4 Å². The van der Waals surface area contributed by atoms with Crippen LogP contribution in [-0.4, -0.2) is 39.0 Å². The normalized spacial score (nSPS) is 20.6. The number of rotatable bonds is 5. The first-order valence-electron chi connectivity index (χ1n) is 9.42. The van der Waals surface area contributed by atoms with Crippen LogP contribution in [0.4, 0.5) is 9.93 Å². The Bertz CT molecular complexity index is 797. The zero-order valence-corrected chi connectivity index (χ0v) is 17.5. The standard InChI is InChI=1S/C20H28N4O2S/c1-6-7-12-23-15(14-10-8-13(2)9-11-14)16(25)24(19(23)26)18-22-21-17(27-18)20(3,4)5/h8-11,15-16,25H,6-7,12H2,1-5H3/t15-,16-/m0/s1. The molecule has 1 aliphatic heterocycles. The molecule has 3 rings (SSSR count). The predicted octanol–water partition coefficient (Wildman–Crippen LogP) is 4.25. The van der Waals surface area contributed by atoms with Gasteiger partial charge in [0, 0.05) is 12.0 Å². The molecule has 1 N–H and O–H groups in total. The van der Waals surface area contributed by atoms with Gasteiger partial charge in [0.25, 0.3) is 0 Å². The molecule has 1 fully saturated rings. The van der Waals surface area contributed by atoms with Gasteiger partial charge >= 0.3 is 6.03 Å². The van der Waals surface area contributed by atoms with Crippen molar-refractivity contribution in [3.63, 3.8) is 0 Å². The molecule has 27 heavy (non-hydrogen) atoms. The highest BCUT2D eigenvalue weighted by atomic mass is 32.1. The number of carbonyl (C=O) groups excluding carboxylic acids is 1. The van der Waals surface area contributed by atoms with Crippen molar-refractivity contribution in [1.29, 1.82) is 0 Å². The lowest BCUT2D eigenvalue weighted by Gasteiger charge is -2.24. The highest BCUT2D eigenvalue weighted by molar-refractivity contribution is 7.15. The Kier molecular flexibility index (Phi) is 5.53. The maximum absolute atomic E-state index is 13.2. The molecule has 0 saturated carbocycles. The number of amides is 2. The third-order valence-corrected chi connectivity index (χ3v) is 6.12. The average molecular weight is 389 g/mol. The van der Waals surface area contributed by atoms with Gasteiger partial charge in [0.2, 0.25) is 5.13 Å². The Morgan fingerprint density at radius 1 is 1.19 bits per heavy atom. The second-order valence-corrected chi connectivity index (χ2v) is 9.06. The molecule has 1 aromatic heterocycles. The van der Waals surface area contributed by atoms with E-state index < -0.39 is 12.3 Å². The quantitative estimate of drug-likeness (QED) is 0.831. The van der Waals surface area contributed by atoms with Crippen LogP contribution in [0.3, 0.4) is 0 Å². The van der Waals surface area contributed by atoms with Gasteiger partial charge in [-0.3, -0.25) is 0 Å². The molecule has 1 aromatic carbocycles. The molecule has 0 unspecified atom stereocenters. The SMILES string of the molecule is CCCCN1C(=O)N(c2nnc(C(C)(C)C)s2)[C@@H](O)[C@@H]1c1ccc(C)cc1. The minimum atomic E-state index is -0.988. The Morgan fingerprint density at radius 2 is 1.85 bits per heavy atom. The number of aryl methyl sites for hydroxylation is 1. The van der Waals surface area contributed by atoms with Crippen molar-refractivity contribution < 1.29 is 9.90 Å². The Hall–Kier alpha value is -1.99. The fourth-order valence-electron chi connectivity index (χ4n) is 3.16. The molecule has 1 saturated heterocycles. The molecule has 0 bridgehead atoms. The van der Waals surface area contributed by atoms with Crippen molar-refractivity contribution in [2.45, 2.75) is 65.1 Å². The second-order valence-electron chi connectivity index (χ2n) is 8.11. The second kappa shape index (κ2) is 7.56. The molecule has 146 valence electrons. The number of hydrogen-bond acceptors (Lipinski definition) is 5. The fraction of sp³-hybridized carbons (Fsp3) is 0.550. The average Bonchev–Trinajstić information content (AvgIpc) is 3.17. The van der Waals surface area contributed by atoms with Crippen LogP contribution in [0.1, 0.15) is 62.7 Å². The van der Waals surface area contributed by atoms with Crippen LogP contribution < -0.4 is 4.90 Å². The number of aliphatic hydroxyl groups is 1. The number of unbranched alkanes of at least 4 members (excludes halogenated alkanes) is 1. The zero-order valence-electron chi connectivity index (χ0n) is 16.6. The number of hydrogen-bond donors (Lipinski definition) is 1. The Balaban J connectivity index is 1.97. The summed E-state index contributed by atoms with van der Waals surface area (Å²) in [5, 5.41) is 20.8. The van der Waals surface area contributed by atoms with Gasteiger partial charge in [-0.1, -0.05) is 75.3 Å². The predicted molar refractivity (Wildman–Crippen MR) is 108 cm³/mol. The molecule has 7 heteroatoms. The summed E-state index contributed by atoms with van der Waals surface area (Å²) in [5.41, 5.74) is 1.93. The van der Waals surface area contributed by atoms with Gasteiger partial charge in [0.15, 0.2) is 6.23 Å². The first-order valence-corrected chi connectivity index (χ1v) is 10.2. The van der Waals surface area contributed by atoms with E-state index in [4.69, 9.17) is 0 Å². The number of aliphatic hydroxyl groups excluding tert-OH is 1. The Labute approximate surface area is 164 Å². The molecule has 2 atom stereocenters. The number of carbonyl (C=O) groups is 1. The van der Waals surface area contributed by atoms with E-state index in [1.165, 1.54) is 16.2 Å². The van der Waals surface area contributed by atoms with Crippen LogP contribution >= 0.6 is 11.3 Å². The minimum absolute atomic E-state index is 0.151. The molecule has 0 spiro atoms. The van der Waals surface area contributed by atoms with Gasteiger partial charge < -0.3 is 10.0 Å². The number of aromatic nitrogens is 2. The molecule has 2 amide bonds. The van der Waals surface area contributed by atoms with Gasteiger partial charge in [0.1, 0.15) is 11.0 Å². The van der Waals surface area contributed by atoms with E-state index in [1.807, 2.05) is 31.2 Å². The number of anilines is 1. The number of benzene rings is 1. The maximum Gasteiger partial charge on any atom is 0.329 e. The minimum Gasteiger partial charge on any atom is -0.370 e. The highest BCUT2D eigenvalue weighted by Gasteiger charge is 2.47. The largest absolute Gasteiger partial charge is 0.370 e. The van der Waals surface area contributed by atoms with Crippen LogP contribution in [0.15, 0.2) is 24.3 Å². The lowest BCUT2D eigenvalue weighted by molar-refractivity contribution is 0.118. The van der Waals surface area contributed by atoms with Gasteiger partial charge in [-0.2, -0.15) is 0 Å². The molecule has 1 aliphatic rings. The summed E-state index contributed by atoms with van der Waals surface area (Å²) >= 11 is 1.37. The monoisotopic (exact) mass is 388 g/mol. The molecule has 2 heterocycles. The van der Waals surface area contributed by atoms with Crippen LogP contribution in [0, 0.1) is 6.92 Å². The van der Waals surface area contributed by atoms with Crippen LogP contribution in [-0.2, 0) is 5.41 Å². The molecule has 0 radical (unpaired) electrons. The highest BCUT2D eigenvalue weighted by Crippen LogP contribution is 2.40. The summed E-state index contributed by atoms with van der Waals surface area (Å²) in [6.07, 6.45) is 0.878. The summed E-state index contributed by atoms with van der Waals surface area (Å²) in [6.45, 7) is 10.9. The van der Waals surface area contributed by atoms with E-state index in [0.717, 1.165) is 29.0 Å². The summed E-state index contributed by atoms with van der Waals surface area (Å²) in [7, 11) is 0. The van der Waals surface area contributed by atoms with Crippen molar-refractivity contribution in [2.75, 3.05) is 11.4 Å². The smallest absolute Gasteiger partial charge is 0.329 e. The van der Waals surface area contributed by atoms with Crippen molar-refractivity contribution in [3.8, 4) is 0 Å². The van der Waals surface area contributed by atoms with Crippen LogP contribution in [0.5, 0.6) is 0 Å². The summed E-state index contributed by atoms with van der Waals surface area (Å²) in [6, 6.07) is 7.37. The lowest BCUT2D eigenvalue weighted by Crippen LogP contribution is -2.35. The molecule has 0 aliphatic carbocycles. The van der Waals surface area contributed by atoms with E-state index >= 15 is 0 Å². The Morgan fingerprint density at radius 3 is 2.41 bits per heavy atom. The van der Waals surface area contributed by atoms with E-state index in [2.05, 4.69) is 37.9 Å². The van der Waals surface area contributed by atoms with Crippen molar-refractivity contribution in [2.24, 2.45) is 0 Å². The third-order valence-electron chi connectivity index (χ3n) is 4.77. The summed E-state index contributed by atoms with van der Waals surface area (Å²) in [5.74, 6) is 0. The fourth-order valence-corrected chi connectivity index (χ4v) is 4.09. The number of nitrogens with zero attached hydrogens (tertiary/aromatic N) is 4. The summed E-state index contributed by atoms with van der Waals surface area (Å²) in [4.78, 5) is 16.3. The topological polar surface area (TPSA) is 69.6 Å². The van der Waals surface area contributed by atoms with Crippen LogP contribution in [0.25, 0.3) is 0 Å². The van der Waals surface area contributed by atoms with Gasteiger partial charge in [-0.25, -0.2) is 9.69 Å². The first kappa shape index (κ1) is 19.8. The van der Waals surface area contributed by atoms with Crippen molar-refractivity contribution >= 4 is 22.5 Å². The summed E-state index contributed by atoms with van der Waals surface area (Å²) < 4.78 is 0. The lowest BCUT2D eigenvalue weighted by atomic mass is 9.98. The first-order chi connectivity index (χ1) is 12.7. The van der Waals surface area contributed by atoms with E-state index in [0.29, 0.717) is 11.7 Å². The van der Waals surface area contributed by atoms with E-state index in [1.54, 1.807) is 4.90 Å². The van der Waals surface area contributed by atoms with Crippen LogP contribution in [0.2, 0.25) is 0 Å².